The molecule has 0 saturated carbocycles. The highest BCUT2D eigenvalue weighted by Gasteiger charge is 2.39. The van der Waals surface area contributed by atoms with Crippen molar-refractivity contribution >= 4 is 23.7 Å². The van der Waals surface area contributed by atoms with Gasteiger partial charge in [-0.25, -0.2) is 9.78 Å². The van der Waals surface area contributed by atoms with Gasteiger partial charge in [0.25, 0.3) is 0 Å². The van der Waals surface area contributed by atoms with E-state index in [-0.39, 0.29) is 31.1 Å². The van der Waals surface area contributed by atoms with Crippen LogP contribution in [0.25, 0.3) is 0 Å². The van der Waals surface area contributed by atoms with Crippen molar-refractivity contribution in [3.8, 4) is 5.75 Å². The van der Waals surface area contributed by atoms with Crippen molar-refractivity contribution in [1.82, 2.24) is 25.5 Å². The van der Waals surface area contributed by atoms with Crippen LogP contribution in [0.15, 0.2) is 36.8 Å². The molecule has 1 aromatic heterocycles. The first kappa shape index (κ1) is 27.7. The number of aromatic nitrogens is 2. The molecule has 4 atom stereocenters. The number of phenolic OH excluding ortho intramolecular Hbond substituents is 1. The highest BCUT2D eigenvalue weighted by atomic mass is 16.4. The van der Waals surface area contributed by atoms with E-state index >= 15 is 0 Å². The summed E-state index contributed by atoms with van der Waals surface area (Å²) in [7, 11) is 0. The molecule has 1 fully saturated rings. The number of imidazole rings is 1. The number of hydrogen-bond acceptors (Lipinski definition) is 7. The van der Waals surface area contributed by atoms with Crippen LogP contribution in [0.1, 0.15) is 37.9 Å². The minimum absolute atomic E-state index is 0.0759. The van der Waals surface area contributed by atoms with Crippen LogP contribution in [0.4, 0.5) is 0 Å². The first-order valence-electron chi connectivity index (χ1n) is 12.2. The summed E-state index contributed by atoms with van der Waals surface area (Å²) in [5.74, 6) is -2.95. The molecule has 1 aliphatic rings. The monoisotopic (exact) mass is 514 g/mol. The molecular formula is C25H34N6O6. The number of carbonyl (C=O) groups is 4. The second-order valence-corrected chi connectivity index (χ2v) is 9.58. The molecular weight excluding hydrogens is 480 g/mol. The number of hydrogen-bond donors (Lipinski definition) is 6. The fraction of sp³-hybridized carbons (Fsp3) is 0.480. The fourth-order valence-electron chi connectivity index (χ4n) is 4.34. The zero-order chi connectivity index (χ0) is 27.1. The van der Waals surface area contributed by atoms with E-state index in [1.54, 1.807) is 26.0 Å². The van der Waals surface area contributed by atoms with Crippen molar-refractivity contribution in [1.29, 1.82) is 0 Å². The third-order valence-corrected chi connectivity index (χ3v) is 6.39. The zero-order valence-corrected chi connectivity index (χ0v) is 20.9. The van der Waals surface area contributed by atoms with Gasteiger partial charge in [0.1, 0.15) is 23.9 Å². The summed E-state index contributed by atoms with van der Waals surface area (Å²) in [4.78, 5) is 59.2. The second-order valence-electron chi connectivity index (χ2n) is 9.58. The van der Waals surface area contributed by atoms with E-state index in [0.717, 1.165) is 5.56 Å². The van der Waals surface area contributed by atoms with Crippen molar-refractivity contribution in [2.45, 2.75) is 63.7 Å². The van der Waals surface area contributed by atoms with Crippen molar-refractivity contribution < 1.29 is 29.4 Å². The summed E-state index contributed by atoms with van der Waals surface area (Å²) in [5, 5.41) is 24.3. The van der Waals surface area contributed by atoms with Gasteiger partial charge in [-0.1, -0.05) is 26.0 Å². The highest BCUT2D eigenvalue weighted by molar-refractivity contribution is 5.94. The van der Waals surface area contributed by atoms with Gasteiger partial charge in [0.15, 0.2) is 0 Å². The van der Waals surface area contributed by atoms with Crippen LogP contribution < -0.4 is 16.4 Å². The maximum absolute atomic E-state index is 13.4. The van der Waals surface area contributed by atoms with Crippen LogP contribution in [-0.2, 0) is 32.0 Å². The Hall–Kier alpha value is -3.93. The van der Waals surface area contributed by atoms with Gasteiger partial charge in [-0.05, 0) is 42.9 Å². The number of aromatic hydroxyl groups is 1. The molecule has 0 bridgehead atoms. The molecule has 2 aromatic rings. The van der Waals surface area contributed by atoms with Gasteiger partial charge in [0.2, 0.25) is 17.7 Å². The van der Waals surface area contributed by atoms with Gasteiger partial charge in [-0.15, -0.1) is 0 Å². The summed E-state index contributed by atoms with van der Waals surface area (Å²) in [5.41, 5.74) is 7.40. The number of H-pyrrole nitrogens is 1. The smallest absolute Gasteiger partial charge is 0.326 e. The molecule has 0 aliphatic carbocycles. The van der Waals surface area contributed by atoms with Gasteiger partial charge < -0.3 is 36.5 Å². The summed E-state index contributed by atoms with van der Waals surface area (Å²) >= 11 is 0. The van der Waals surface area contributed by atoms with Crippen molar-refractivity contribution in [2.24, 2.45) is 11.7 Å². The molecule has 1 aliphatic heterocycles. The van der Waals surface area contributed by atoms with E-state index in [0.29, 0.717) is 18.5 Å². The van der Waals surface area contributed by atoms with Gasteiger partial charge >= 0.3 is 5.97 Å². The van der Waals surface area contributed by atoms with E-state index in [2.05, 4.69) is 20.6 Å². The minimum atomic E-state index is -1.09. The predicted molar refractivity (Wildman–Crippen MR) is 133 cm³/mol. The SMILES string of the molecule is CC(C)C(NC(=O)C(N)Cc1ccc(O)cc1)C(=O)NC(Cc1cnc[nH]1)C(=O)N1CCCC1C(=O)O. The Morgan fingerprint density at radius 3 is 2.43 bits per heavy atom. The molecule has 0 radical (unpaired) electrons. The predicted octanol–water partition coefficient (Wildman–Crippen LogP) is -0.0710. The largest absolute Gasteiger partial charge is 0.508 e. The minimum Gasteiger partial charge on any atom is -0.508 e. The van der Waals surface area contributed by atoms with E-state index in [1.165, 1.54) is 29.6 Å². The van der Waals surface area contributed by atoms with E-state index in [9.17, 15) is 29.4 Å². The number of aromatic amines is 1. The summed E-state index contributed by atoms with van der Waals surface area (Å²) in [6.45, 7) is 3.78. The number of rotatable bonds is 11. The highest BCUT2D eigenvalue weighted by Crippen LogP contribution is 2.20. The number of carboxylic acids is 1. The standard InChI is InChI=1S/C25H34N6O6/c1-14(2)21(30-22(33)18(26)10-15-5-7-17(32)8-6-15)23(34)29-19(11-16-12-27-13-28-16)24(35)31-9-3-4-20(31)25(36)37/h5-8,12-14,18-21,32H,3-4,9-11,26H2,1-2H3,(H,27,28)(H,29,34)(H,30,33)(H,36,37). The lowest BCUT2D eigenvalue weighted by molar-refractivity contribution is -0.149. The second kappa shape index (κ2) is 12.3. The number of likely N-dealkylation sites (tertiary alicyclic amines) is 1. The molecule has 7 N–H and O–H groups in total. The third-order valence-electron chi connectivity index (χ3n) is 6.39. The Morgan fingerprint density at radius 1 is 1.14 bits per heavy atom. The maximum atomic E-state index is 13.4. The fourth-order valence-corrected chi connectivity index (χ4v) is 4.34. The lowest BCUT2D eigenvalue weighted by Gasteiger charge is -2.29. The van der Waals surface area contributed by atoms with Gasteiger partial charge in [0, 0.05) is 24.9 Å². The van der Waals surface area contributed by atoms with Crippen LogP contribution in [0.3, 0.4) is 0 Å². The van der Waals surface area contributed by atoms with Gasteiger partial charge in [-0.3, -0.25) is 14.4 Å². The average Bonchev–Trinajstić information content (AvgIpc) is 3.55. The Labute approximate surface area is 214 Å². The number of carbonyl (C=O) groups excluding carboxylic acids is 3. The van der Waals surface area contributed by atoms with E-state index < -0.39 is 47.9 Å². The zero-order valence-electron chi connectivity index (χ0n) is 20.9. The number of aliphatic carboxylic acids is 1. The molecule has 1 aromatic carbocycles. The Morgan fingerprint density at radius 2 is 1.84 bits per heavy atom. The van der Waals surface area contributed by atoms with Crippen molar-refractivity contribution in [3.63, 3.8) is 0 Å². The van der Waals surface area contributed by atoms with Crippen molar-refractivity contribution in [3.05, 3.63) is 48.0 Å². The average molecular weight is 515 g/mol. The summed E-state index contributed by atoms with van der Waals surface area (Å²) < 4.78 is 0. The molecule has 12 heteroatoms. The number of nitrogens with two attached hydrogens (primary N) is 1. The lowest BCUT2D eigenvalue weighted by Crippen LogP contribution is -2.59. The molecule has 0 spiro atoms. The van der Waals surface area contributed by atoms with Crippen LogP contribution in [0, 0.1) is 5.92 Å². The molecule has 37 heavy (non-hydrogen) atoms. The molecule has 3 amide bonds. The van der Waals surface area contributed by atoms with Crippen LogP contribution >= 0.6 is 0 Å². The van der Waals surface area contributed by atoms with E-state index in [4.69, 9.17) is 5.73 Å². The lowest BCUT2D eigenvalue weighted by atomic mass is 10.00. The number of nitrogens with one attached hydrogen (secondary N) is 3. The molecule has 200 valence electrons. The number of amides is 3. The van der Waals surface area contributed by atoms with Crippen LogP contribution in [0.5, 0.6) is 5.75 Å². The Balaban J connectivity index is 1.71. The van der Waals surface area contributed by atoms with Crippen molar-refractivity contribution in [2.75, 3.05) is 6.54 Å². The normalized spacial score (nSPS) is 17.7. The third kappa shape index (κ3) is 7.29. The first-order valence-corrected chi connectivity index (χ1v) is 12.2. The number of phenols is 1. The number of nitrogens with zero attached hydrogens (tertiary/aromatic N) is 2. The Kier molecular flexibility index (Phi) is 9.23. The molecule has 4 unspecified atom stereocenters. The Bertz CT molecular complexity index is 1090. The quantitative estimate of drug-likeness (QED) is 0.240. The molecule has 12 nitrogen and oxygen atoms in total. The van der Waals surface area contributed by atoms with Crippen LogP contribution in [0.2, 0.25) is 0 Å². The molecule has 2 heterocycles. The number of benzene rings is 1. The van der Waals surface area contributed by atoms with Gasteiger partial charge in [0.05, 0.1) is 12.4 Å². The van der Waals surface area contributed by atoms with E-state index in [1.807, 2.05) is 0 Å². The summed E-state index contributed by atoms with van der Waals surface area (Å²) in [6.07, 6.45) is 4.14. The van der Waals surface area contributed by atoms with Crippen LogP contribution in [-0.4, -0.2) is 79.5 Å². The van der Waals surface area contributed by atoms with Gasteiger partial charge in [-0.2, -0.15) is 0 Å². The first-order chi connectivity index (χ1) is 17.6. The maximum Gasteiger partial charge on any atom is 0.326 e. The topological polar surface area (TPSA) is 191 Å². The number of carboxylic acid groups (broad SMARTS) is 1. The molecule has 3 rings (SSSR count). The molecule has 1 saturated heterocycles. The summed E-state index contributed by atoms with van der Waals surface area (Å²) in [6, 6.07) is 2.37.